The first-order chi connectivity index (χ1) is 9.20. The second-order valence-electron chi connectivity index (χ2n) is 4.46. The highest BCUT2D eigenvalue weighted by Gasteiger charge is 2.04. The monoisotopic (exact) mass is 257 g/mol. The van der Waals surface area contributed by atoms with Crippen LogP contribution in [0.1, 0.15) is 5.56 Å². The van der Waals surface area contributed by atoms with Gasteiger partial charge in [0.2, 0.25) is 0 Å². The van der Waals surface area contributed by atoms with Crippen LogP contribution in [0.3, 0.4) is 0 Å². The van der Waals surface area contributed by atoms with Crippen LogP contribution in [0, 0.1) is 6.92 Å². The van der Waals surface area contributed by atoms with Crippen LogP contribution >= 0.6 is 0 Å². The van der Waals surface area contributed by atoms with Gasteiger partial charge in [-0.05, 0) is 30.2 Å². The standard InChI is InChI=1S/C16H19NO2/c1-12-4-3-5-13(10-12)14-6-7-16(15(17)11-14)19-9-8-18-2/h3-7,10-11H,8-9,17H2,1-2H3. The number of ether oxygens (including phenoxy) is 2. The molecule has 0 aromatic heterocycles. The van der Waals surface area contributed by atoms with Gasteiger partial charge in [0, 0.05) is 7.11 Å². The highest BCUT2D eigenvalue weighted by atomic mass is 16.5. The Bertz CT molecular complexity index is 552. The number of benzene rings is 2. The average Bonchev–Trinajstić information content (AvgIpc) is 2.41. The Hall–Kier alpha value is -2.00. The van der Waals surface area contributed by atoms with Gasteiger partial charge in [-0.3, -0.25) is 0 Å². The zero-order chi connectivity index (χ0) is 13.7. The van der Waals surface area contributed by atoms with Crippen molar-refractivity contribution in [2.75, 3.05) is 26.1 Å². The van der Waals surface area contributed by atoms with Gasteiger partial charge in [0.05, 0.1) is 12.3 Å². The van der Waals surface area contributed by atoms with E-state index in [0.29, 0.717) is 24.7 Å². The van der Waals surface area contributed by atoms with E-state index in [9.17, 15) is 0 Å². The Kier molecular flexibility index (Phi) is 4.42. The molecule has 3 heteroatoms. The molecule has 3 nitrogen and oxygen atoms in total. The van der Waals surface area contributed by atoms with E-state index in [1.165, 1.54) is 5.56 Å². The highest BCUT2D eigenvalue weighted by Crippen LogP contribution is 2.28. The first-order valence-electron chi connectivity index (χ1n) is 6.29. The molecule has 0 heterocycles. The first kappa shape index (κ1) is 13.4. The molecule has 0 bridgehead atoms. The fourth-order valence-electron chi connectivity index (χ4n) is 1.92. The number of aryl methyl sites for hydroxylation is 1. The lowest BCUT2D eigenvalue weighted by molar-refractivity contribution is 0.147. The normalized spacial score (nSPS) is 10.4. The number of rotatable bonds is 5. The molecule has 0 aliphatic rings. The van der Waals surface area contributed by atoms with Crippen LogP contribution in [-0.2, 0) is 4.74 Å². The van der Waals surface area contributed by atoms with Crippen molar-refractivity contribution in [3.63, 3.8) is 0 Å². The minimum Gasteiger partial charge on any atom is -0.489 e. The molecule has 19 heavy (non-hydrogen) atoms. The SMILES string of the molecule is COCCOc1ccc(-c2cccc(C)c2)cc1N. The quantitative estimate of drug-likeness (QED) is 0.660. The van der Waals surface area contributed by atoms with Gasteiger partial charge in [0.15, 0.2) is 0 Å². The number of hydrogen-bond acceptors (Lipinski definition) is 3. The molecule has 2 N–H and O–H groups in total. The maximum absolute atomic E-state index is 6.01. The molecule has 0 radical (unpaired) electrons. The minimum absolute atomic E-state index is 0.504. The molecule has 0 saturated heterocycles. The van der Waals surface area contributed by atoms with Crippen LogP contribution in [0.4, 0.5) is 5.69 Å². The Morgan fingerprint density at radius 1 is 1.00 bits per heavy atom. The Balaban J connectivity index is 2.19. The van der Waals surface area contributed by atoms with Crippen molar-refractivity contribution in [2.45, 2.75) is 6.92 Å². The summed E-state index contributed by atoms with van der Waals surface area (Å²) in [6.45, 7) is 3.14. The summed E-state index contributed by atoms with van der Waals surface area (Å²) in [7, 11) is 1.65. The molecular weight excluding hydrogens is 238 g/mol. The van der Waals surface area contributed by atoms with Crippen LogP contribution in [0.15, 0.2) is 42.5 Å². The molecule has 0 saturated carbocycles. The summed E-state index contributed by atoms with van der Waals surface area (Å²) in [5.41, 5.74) is 10.2. The largest absolute Gasteiger partial charge is 0.489 e. The van der Waals surface area contributed by atoms with Crippen LogP contribution in [-0.4, -0.2) is 20.3 Å². The summed E-state index contributed by atoms with van der Waals surface area (Å²) < 4.78 is 10.5. The lowest BCUT2D eigenvalue weighted by Gasteiger charge is -2.10. The van der Waals surface area contributed by atoms with Gasteiger partial charge < -0.3 is 15.2 Å². The molecular formula is C16H19NO2. The molecule has 100 valence electrons. The number of anilines is 1. The van der Waals surface area contributed by atoms with E-state index in [1.807, 2.05) is 24.3 Å². The molecule has 0 amide bonds. The summed E-state index contributed by atoms with van der Waals surface area (Å²) in [5.74, 6) is 0.702. The average molecular weight is 257 g/mol. The van der Waals surface area contributed by atoms with Crippen LogP contribution in [0.5, 0.6) is 5.75 Å². The van der Waals surface area contributed by atoms with Gasteiger partial charge in [0.1, 0.15) is 12.4 Å². The number of nitrogens with two attached hydrogens (primary N) is 1. The molecule has 0 aliphatic heterocycles. The molecule has 0 fully saturated rings. The fourth-order valence-corrected chi connectivity index (χ4v) is 1.92. The van der Waals surface area contributed by atoms with Crippen LogP contribution in [0.2, 0.25) is 0 Å². The molecule has 0 atom stereocenters. The Morgan fingerprint density at radius 2 is 1.79 bits per heavy atom. The van der Waals surface area contributed by atoms with E-state index in [0.717, 1.165) is 11.1 Å². The number of nitrogen functional groups attached to an aromatic ring is 1. The smallest absolute Gasteiger partial charge is 0.142 e. The van der Waals surface area contributed by atoms with Crippen LogP contribution in [0.25, 0.3) is 11.1 Å². The third-order valence-corrected chi connectivity index (χ3v) is 2.91. The third-order valence-electron chi connectivity index (χ3n) is 2.91. The summed E-state index contributed by atoms with van der Waals surface area (Å²) in [6.07, 6.45) is 0. The van der Waals surface area contributed by atoms with E-state index in [-0.39, 0.29) is 0 Å². The lowest BCUT2D eigenvalue weighted by atomic mass is 10.0. The van der Waals surface area contributed by atoms with Gasteiger partial charge in [-0.15, -0.1) is 0 Å². The van der Waals surface area contributed by atoms with Gasteiger partial charge in [-0.1, -0.05) is 35.9 Å². The summed E-state index contributed by atoms with van der Waals surface area (Å²) in [4.78, 5) is 0. The van der Waals surface area contributed by atoms with Crippen molar-refractivity contribution >= 4 is 5.69 Å². The predicted molar refractivity (Wildman–Crippen MR) is 78.4 cm³/mol. The van der Waals surface area contributed by atoms with Gasteiger partial charge >= 0.3 is 0 Å². The highest BCUT2D eigenvalue weighted by molar-refractivity contribution is 5.71. The van der Waals surface area contributed by atoms with Gasteiger partial charge in [-0.2, -0.15) is 0 Å². The zero-order valence-corrected chi connectivity index (χ0v) is 11.3. The second kappa shape index (κ2) is 6.25. The molecule has 0 aliphatic carbocycles. The second-order valence-corrected chi connectivity index (χ2v) is 4.46. The first-order valence-corrected chi connectivity index (χ1v) is 6.29. The summed E-state index contributed by atoms with van der Waals surface area (Å²) in [6, 6.07) is 14.2. The van der Waals surface area contributed by atoms with Gasteiger partial charge in [0.25, 0.3) is 0 Å². The molecule has 0 unspecified atom stereocenters. The van der Waals surface area contributed by atoms with E-state index in [1.54, 1.807) is 7.11 Å². The van der Waals surface area contributed by atoms with E-state index in [2.05, 4.69) is 25.1 Å². The minimum atomic E-state index is 0.504. The van der Waals surface area contributed by atoms with Gasteiger partial charge in [-0.25, -0.2) is 0 Å². The maximum Gasteiger partial charge on any atom is 0.142 e. The topological polar surface area (TPSA) is 44.5 Å². The summed E-state index contributed by atoms with van der Waals surface area (Å²) in [5, 5.41) is 0. The predicted octanol–water partition coefficient (Wildman–Crippen LogP) is 3.27. The van der Waals surface area contributed by atoms with Crippen molar-refractivity contribution in [3.8, 4) is 16.9 Å². The molecule has 0 spiro atoms. The van der Waals surface area contributed by atoms with Crippen molar-refractivity contribution in [3.05, 3.63) is 48.0 Å². The zero-order valence-electron chi connectivity index (χ0n) is 11.3. The van der Waals surface area contributed by atoms with Crippen LogP contribution < -0.4 is 10.5 Å². The van der Waals surface area contributed by atoms with E-state index >= 15 is 0 Å². The van der Waals surface area contributed by atoms with E-state index < -0.39 is 0 Å². The van der Waals surface area contributed by atoms with Crippen molar-refractivity contribution < 1.29 is 9.47 Å². The van der Waals surface area contributed by atoms with Crippen molar-refractivity contribution in [1.82, 2.24) is 0 Å². The molecule has 2 rings (SSSR count). The Labute approximate surface area is 114 Å². The molecule has 2 aromatic carbocycles. The number of hydrogen-bond donors (Lipinski definition) is 1. The third kappa shape index (κ3) is 3.48. The maximum atomic E-state index is 6.01. The number of methoxy groups -OCH3 is 1. The molecule has 2 aromatic rings. The van der Waals surface area contributed by atoms with Crippen molar-refractivity contribution in [1.29, 1.82) is 0 Å². The Morgan fingerprint density at radius 3 is 2.47 bits per heavy atom. The summed E-state index contributed by atoms with van der Waals surface area (Å²) >= 11 is 0. The fraction of sp³-hybridized carbons (Fsp3) is 0.250. The lowest BCUT2D eigenvalue weighted by Crippen LogP contribution is -2.05. The van der Waals surface area contributed by atoms with E-state index in [4.69, 9.17) is 15.2 Å². The van der Waals surface area contributed by atoms with Crippen molar-refractivity contribution in [2.24, 2.45) is 0 Å².